The maximum absolute atomic E-state index is 12.4. The molecule has 0 saturated carbocycles. The number of aliphatic imine (C=N–C) groups is 1. The number of aliphatic carboxylic acids is 1. The monoisotopic (exact) mass is 454 g/mol. The van der Waals surface area contributed by atoms with Crippen LogP contribution in [0.15, 0.2) is 47.5 Å². The van der Waals surface area contributed by atoms with E-state index in [4.69, 9.17) is 9.84 Å². The highest BCUT2D eigenvalue weighted by Crippen LogP contribution is 2.23. The molecule has 0 aliphatic rings. The third-order valence-electron chi connectivity index (χ3n) is 4.87. The summed E-state index contributed by atoms with van der Waals surface area (Å²) in [5.41, 5.74) is 3.93. The smallest absolute Gasteiger partial charge is 0.321 e. The van der Waals surface area contributed by atoms with Crippen LogP contribution in [0.25, 0.3) is 0 Å². The van der Waals surface area contributed by atoms with Crippen LogP contribution in [0.3, 0.4) is 0 Å². The van der Waals surface area contributed by atoms with Gasteiger partial charge in [-0.3, -0.25) is 10.1 Å². The van der Waals surface area contributed by atoms with E-state index < -0.39 is 17.9 Å². The number of carboxylic acid groups (broad SMARTS) is 1. The molecule has 8 heteroatoms. The van der Waals surface area contributed by atoms with Gasteiger partial charge in [-0.25, -0.2) is 9.79 Å². The highest BCUT2D eigenvalue weighted by molar-refractivity contribution is 6.03. The molecule has 0 saturated heterocycles. The molecular weight excluding hydrogens is 420 g/mol. The van der Waals surface area contributed by atoms with E-state index in [2.05, 4.69) is 40.0 Å². The number of guanidine groups is 1. The predicted molar refractivity (Wildman–Crippen MR) is 131 cm³/mol. The molecule has 0 aromatic heterocycles. The lowest BCUT2D eigenvalue weighted by molar-refractivity contribution is -0.140. The average molecular weight is 455 g/mol. The maximum Gasteiger partial charge on any atom is 0.321 e. The molecule has 0 spiro atoms. The Balaban J connectivity index is 2.15. The largest absolute Gasteiger partial charge is 0.491 e. The van der Waals surface area contributed by atoms with Crippen molar-refractivity contribution in [2.75, 3.05) is 11.9 Å². The SMILES string of the molecule is CCc1ccc(CN=C(NC(=O)NC[C@H](C)C(=O)O)Nc2ccc(OC(C)C)c(C)c2)cc1. The third-order valence-corrected chi connectivity index (χ3v) is 4.87. The summed E-state index contributed by atoms with van der Waals surface area (Å²) in [5.74, 6) is -0.625. The standard InChI is InChI=1S/C25H34N4O4/c1-6-19-7-9-20(10-8-19)15-26-24(29-25(32)27-14-18(5)23(30)31)28-21-11-12-22(17(4)13-21)33-16(2)3/h7-13,16,18H,6,14-15H2,1-5H3,(H,30,31)(H3,26,27,28,29,32)/t18-/m0/s1. The first-order valence-electron chi connectivity index (χ1n) is 11.1. The van der Waals surface area contributed by atoms with Crippen LogP contribution in [0.4, 0.5) is 10.5 Å². The summed E-state index contributed by atoms with van der Waals surface area (Å²) in [6.45, 7) is 9.89. The van der Waals surface area contributed by atoms with E-state index >= 15 is 0 Å². The molecule has 33 heavy (non-hydrogen) atoms. The number of urea groups is 1. The molecule has 1 atom stereocenters. The number of anilines is 1. The van der Waals surface area contributed by atoms with Crippen molar-refractivity contribution in [3.8, 4) is 5.75 Å². The van der Waals surface area contributed by atoms with Crippen molar-refractivity contribution in [2.24, 2.45) is 10.9 Å². The van der Waals surface area contributed by atoms with E-state index in [1.165, 1.54) is 12.5 Å². The highest BCUT2D eigenvalue weighted by Gasteiger charge is 2.13. The van der Waals surface area contributed by atoms with Crippen LogP contribution in [-0.2, 0) is 17.8 Å². The number of benzene rings is 2. The van der Waals surface area contributed by atoms with E-state index in [1.807, 2.05) is 51.1 Å². The molecule has 8 nitrogen and oxygen atoms in total. The molecule has 0 unspecified atom stereocenters. The Bertz CT molecular complexity index is 971. The quantitative estimate of drug-likeness (QED) is 0.333. The van der Waals surface area contributed by atoms with Gasteiger partial charge in [0.1, 0.15) is 5.75 Å². The molecule has 4 N–H and O–H groups in total. The van der Waals surface area contributed by atoms with E-state index in [0.29, 0.717) is 6.54 Å². The van der Waals surface area contributed by atoms with Crippen molar-refractivity contribution < 1.29 is 19.4 Å². The Morgan fingerprint density at radius 2 is 1.73 bits per heavy atom. The first-order valence-corrected chi connectivity index (χ1v) is 11.1. The normalized spacial score (nSPS) is 12.2. The average Bonchev–Trinajstić information content (AvgIpc) is 2.77. The molecule has 0 radical (unpaired) electrons. The van der Waals surface area contributed by atoms with Gasteiger partial charge in [-0.1, -0.05) is 38.1 Å². The molecular formula is C25H34N4O4. The lowest BCUT2D eigenvalue weighted by Crippen LogP contribution is -2.44. The zero-order valence-electron chi connectivity index (χ0n) is 19.9. The first kappa shape index (κ1) is 25.7. The van der Waals surface area contributed by atoms with Gasteiger partial charge < -0.3 is 20.5 Å². The van der Waals surface area contributed by atoms with Gasteiger partial charge in [0.05, 0.1) is 18.6 Å². The first-order chi connectivity index (χ1) is 15.7. The summed E-state index contributed by atoms with van der Waals surface area (Å²) < 4.78 is 5.78. The van der Waals surface area contributed by atoms with Crippen molar-refractivity contribution in [3.63, 3.8) is 0 Å². The van der Waals surface area contributed by atoms with Gasteiger partial charge in [-0.05, 0) is 62.1 Å². The van der Waals surface area contributed by atoms with Crippen molar-refractivity contribution in [1.29, 1.82) is 0 Å². The Labute approximate surface area is 195 Å². The van der Waals surface area contributed by atoms with Crippen molar-refractivity contribution in [2.45, 2.75) is 53.7 Å². The van der Waals surface area contributed by atoms with Gasteiger partial charge in [-0.15, -0.1) is 0 Å². The molecule has 2 aromatic rings. The predicted octanol–water partition coefficient (Wildman–Crippen LogP) is 4.33. The summed E-state index contributed by atoms with van der Waals surface area (Å²) in [6.07, 6.45) is 1.03. The lowest BCUT2D eigenvalue weighted by atomic mass is 10.1. The van der Waals surface area contributed by atoms with Gasteiger partial charge in [0.2, 0.25) is 5.96 Å². The molecule has 0 aliphatic carbocycles. The van der Waals surface area contributed by atoms with Crippen LogP contribution in [0.2, 0.25) is 0 Å². The van der Waals surface area contributed by atoms with E-state index in [-0.39, 0.29) is 18.6 Å². The Kier molecular flexibility index (Phi) is 9.72. The number of ether oxygens (including phenoxy) is 1. The minimum atomic E-state index is -0.975. The van der Waals surface area contributed by atoms with Crippen LogP contribution in [0, 0.1) is 12.8 Å². The second-order valence-electron chi connectivity index (χ2n) is 8.18. The number of nitrogens with zero attached hydrogens (tertiary/aromatic N) is 1. The number of carbonyl (C=O) groups is 2. The third kappa shape index (κ3) is 8.84. The Hall–Kier alpha value is -3.55. The van der Waals surface area contributed by atoms with Crippen molar-refractivity contribution >= 4 is 23.6 Å². The summed E-state index contributed by atoms with van der Waals surface area (Å²) in [4.78, 5) is 27.9. The number of nitrogens with one attached hydrogen (secondary N) is 3. The molecule has 2 rings (SSSR count). The van der Waals surface area contributed by atoms with Crippen LogP contribution in [-0.4, -0.2) is 35.7 Å². The topological polar surface area (TPSA) is 112 Å². The number of carbonyl (C=O) groups excluding carboxylic acids is 1. The number of aryl methyl sites for hydroxylation is 2. The van der Waals surface area contributed by atoms with Gasteiger partial charge in [0.25, 0.3) is 0 Å². The maximum atomic E-state index is 12.4. The molecule has 0 bridgehead atoms. The summed E-state index contributed by atoms with van der Waals surface area (Å²) in [5, 5.41) is 17.4. The number of carboxylic acids is 1. The van der Waals surface area contributed by atoms with Crippen molar-refractivity contribution in [1.82, 2.24) is 10.6 Å². The highest BCUT2D eigenvalue weighted by atomic mass is 16.5. The van der Waals surface area contributed by atoms with Gasteiger partial charge in [0, 0.05) is 12.2 Å². The molecule has 0 heterocycles. The fourth-order valence-corrected chi connectivity index (χ4v) is 2.90. The van der Waals surface area contributed by atoms with Crippen LogP contribution >= 0.6 is 0 Å². The minimum absolute atomic E-state index is 0.00721. The van der Waals surface area contributed by atoms with Crippen LogP contribution < -0.4 is 20.7 Å². The second kappa shape index (κ2) is 12.5. The summed E-state index contributed by atoms with van der Waals surface area (Å²) >= 11 is 0. The minimum Gasteiger partial charge on any atom is -0.491 e. The fraction of sp³-hybridized carbons (Fsp3) is 0.400. The lowest BCUT2D eigenvalue weighted by Gasteiger charge is -2.16. The molecule has 178 valence electrons. The van der Waals surface area contributed by atoms with Crippen molar-refractivity contribution in [3.05, 3.63) is 59.2 Å². The van der Waals surface area contributed by atoms with Crippen LogP contribution in [0.5, 0.6) is 5.75 Å². The molecule has 0 aliphatic heterocycles. The van der Waals surface area contributed by atoms with Gasteiger partial charge in [0.15, 0.2) is 0 Å². The van der Waals surface area contributed by atoms with E-state index in [1.54, 1.807) is 0 Å². The van der Waals surface area contributed by atoms with Crippen LogP contribution in [0.1, 0.15) is 44.4 Å². The van der Waals surface area contributed by atoms with E-state index in [9.17, 15) is 9.59 Å². The fourth-order valence-electron chi connectivity index (χ4n) is 2.90. The Morgan fingerprint density at radius 3 is 2.30 bits per heavy atom. The van der Waals surface area contributed by atoms with Gasteiger partial charge in [-0.2, -0.15) is 0 Å². The summed E-state index contributed by atoms with van der Waals surface area (Å²) in [6, 6.07) is 13.2. The second-order valence-corrected chi connectivity index (χ2v) is 8.18. The zero-order valence-corrected chi connectivity index (χ0v) is 19.9. The number of amides is 2. The Morgan fingerprint density at radius 1 is 1.06 bits per heavy atom. The number of hydrogen-bond donors (Lipinski definition) is 4. The molecule has 2 aromatic carbocycles. The molecule has 2 amide bonds. The van der Waals surface area contributed by atoms with E-state index in [0.717, 1.165) is 29.0 Å². The summed E-state index contributed by atoms with van der Waals surface area (Å²) in [7, 11) is 0. The van der Waals surface area contributed by atoms with Gasteiger partial charge >= 0.3 is 12.0 Å². The zero-order chi connectivity index (χ0) is 24.4. The molecule has 0 fully saturated rings. The number of hydrogen-bond acceptors (Lipinski definition) is 4. The number of rotatable bonds is 9.